The minimum atomic E-state index is -1.38. The van der Waals surface area contributed by atoms with Gasteiger partial charge in [-0.3, -0.25) is 0 Å². The minimum absolute atomic E-state index is 0.351. The van der Waals surface area contributed by atoms with Gasteiger partial charge >= 0.3 is 18.0 Å². The van der Waals surface area contributed by atoms with Crippen molar-refractivity contribution < 1.29 is 29.3 Å². The first kappa shape index (κ1) is 15.2. The molecule has 0 aliphatic carbocycles. The molecule has 1 unspecified atom stereocenters. The molecule has 0 aromatic carbocycles. The number of hydrogen-bond acceptors (Lipinski definition) is 5. The molecule has 1 heterocycles. The van der Waals surface area contributed by atoms with Gasteiger partial charge in [0, 0.05) is 6.54 Å². The summed E-state index contributed by atoms with van der Waals surface area (Å²) in [4.78, 5) is 35.5. The number of carbonyl (C=O) groups excluding carboxylic acids is 2. The molecule has 8 heteroatoms. The lowest BCUT2D eigenvalue weighted by Crippen LogP contribution is -2.56. The van der Waals surface area contributed by atoms with Crippen LogP contribution in [0.15, 0.2) is 0 Å². The summed E-state index contributed by atoms with van der Waals surface area (Å²) in [5.74, 6) is -1.85. The number of esters is 1. The molecule has 0 radical (unpaired) electrons. The Bertz CT molecular complexity index is 359. The van der Waals surface area contributed by atoms with E-state index < -0.39 is 36.7 Å². The summed E-state index contributed by atoms with van der Waals surface area (Å²) in [6, 6.07) is -2.77. The Morgan fingerprint density at radius 2 is 2.11 bits per heavy atom. The maximum atomic E-state index is 11.9. The molecule has 8 nitrogen and oxygen atoms in total. The van der Waals surface area contributed by atoms with Crippen molar-refractivity contribution in [1.82, 2.24) is 10.2 Å². The zero-order valence-corrected chi connectivity index (χ0v) is 10.7. The normalized spacial score (nSPS) is 20.5. The van der Waals surface area contributed by atoms with Crippen LogP contribution in [0.2, 0.25) is 0 Å². The second-order valence-corrected chi connectivity index (χ2v) is 4.25. The van der Waals surface area contributed by atoms with Crippen LogP contribution in [0, 0.1) is 0 Å². The standard InChI is InChI=1S/C11H18N2O6/c1-19-10(17)8-4-2-3-5-13(8)11(18)12-7(6-14)9(15)16/h7-8,14H,2-6H2,1H3,(H,12,18)(H,15,16)/t7-,8?/m0/s1. The maximum absolute atomic E-state index is 11.9. The first-order chi connectivity index (χ1) is 9.01. The van der Waals surface area contributed by atoms with Gasteiger partial charge in [0.1, 0.15) is 6.04 Å². The van der Waals surface area contributed by atoms with Crippen LogP contribution in [-0.2, 0) is 14.3 Å². The van der Waals surface area contributed by atoms with Crippen molar-refractivity contribution in [1.29, 1.82) is 0 Å². The Hall–Kier alpha value is -1.83. The zero-order chi connectivity index (χ0) is 14.4. The number of nitrogens with zero attached hydrogens (tertiary/aromatic N) is 1. The average molecular weight is 274 g/mol. The van der Waals surface area contributed by atoms with Crippen molar-refractivity contribution in [2.45, 2.75) is 31.3 Å². The minimum Gasteiger partial charge on any atom is -0.480 e. The monoisotopic (exact) mass is 274 g/mol. The third kappa shape index (κ3) is 3.82. The average Bonchev–Trinajstić information content (AvgIpc) is 2.43. The van der Waals surface area contributed by atoms with Crippen molar-refractivity contribution in [3.05, 3.63) is 0 Å². The highest BCUT2D eigenvalue weighted by Crippen LogP contribution is 2.18. The molecule has 2 atom stereocenters. The molecule has 108 valence electrons. The number of methoxy groups -OCH3 is 1. The summed E-state index contributed by atoms with van der Waals surface area (Å²) in [6.45, 7) is -0.360. The molecule has 0 spiro atoms. The number of hydrogen-bond donors (Lipinski definition) is 3. The van der Waals surface area contributed by atoms with Crippen molar-refractivity contribution in [3.8, 4) is 0 Å². The highest BCUT2D eigenvalue weighted by molar-refractivity contribution is 5.86. The molecular weight excluding hydrogens is 256 g/mol. The van der Waals surface area contributed by atoms with E-state index in [-0.39, 0.29) is 0 Å². The Kier molecular flexibility index (Phi) is 5.56. The van der Waals surface area contributed by atoms with E-state index in [0.29, 0.717) is 13.0 Å². The van der Waals surface area contributed by atoms with Crippen LogP contribution in [-0.4, -0.2) is 65.4 Å². The van der Waals surface area contributed by atoms with E-state index in [4.69, 9.17) is 10.2 Å². The lowest BCUT2D eigenvalue weighted by molar-refractivity contribution is -0.146. The van der Waals surface area contributed by atoms with E-state index >= 15 is 0 Å². The molecule has 0 aromatic rings. The van der Waals surface area contributed by atoms with Gasteiger partial charge in [0.05, 0.1) is 13.7 Å². The first-order valence-corrected chi connectivity index (χ1v) is 6.00. The Labute approximate surface area is 110 Å². The Balaban J connectivity index is 2.71. The largest absolute Gasteiger partial charge is 0.480 e. The Morgan fingerprint density at radius 3 is 2.63 bits per heavy atom. The number of carbonyl (C=O) groups is 3. The number of aliphatic hydroxyl groups excluding tert-OH is 1. The summed E-state index contributed by atoms with van der Waals surface area (Å²) in [5.41, 5.74) is 0. The van der Waals surface area contributed by atoms with Gasteiger partial charge in [-0.15, -0.1) is 0 Å². The van der Waals surface area contributed by atoms with Gasteiger partial charge in [0.15, 0.2) is 6.04 Å². The van der Waals surface area contributed by atoms with Gasteiger partial charge in [0.2, 0.25) is 0 Å². The third-order valence-corrected chi connectivity index (χ3v) is 3.02. The van der Waals surface area contributed by atoms with Crippen molar-refractivity contribution in [2.75, 3.05) is 20.3 Å². The summed E-state index contributed by atoms with van der Waals surface area (Å²) in [7, 11) is 1.24. The molecular formula is C11H18N2O6. The molecule has 1 rings (SSSR count). The fourth-order valence-electron chi connectivity index (χ4n) is 1.97. The summed E-state index contributed by atoms with van der Waals surface area (Å²) in [6.07, 6.45) is 2.01. The molecule has 1 aliphatic rings. The lowest BCUT2D eigenvalue weighted by Gasteiger charge is -2.34. The van der Waals surface area contributed by atoms with Crippen LogP contribution in [0.25, 0.3) is 0 Å². The quantitative estimate of drug-likeness (QED) is 0.576. The lowest BCUT2D eigenvalue weighted by atomic mass is 10.0. The number of carboxylic acids is 1. The van der Waals surface area contributed by atoms with Crippen LogP contribution in [0.5, 0.6) is 0 Å². The van der Waals surface area contributed by atoms with Crippen molar-refractivity contribution in [2.24, 2.45) is 0 Å². The molecule has 0 bridgehead atoms. The molecule has 1 aliphatic heterocycles. The molecule has 19 heavy (non-hydrogen) atoms. The van der Waals surface area contributed by atoms with E-state index in [2.05, 4.69) is 10.1 Å². The number of piperidine rings is 1. The SMILES string of the molecule is COC(=O)C1CCCCN1C(=O)N[C@@H](CO)C(=O)O. The van der Waals surface area contributed by atoms with Crippen LogP contribution >= 0.6 is 0 Å². The zero-order valence-electron chi connectivity index (χ0n) is 10.7. The van der Waals surface area contributed by atoms with Crippen LogP contribution < -0.4 is 5.32 Å². The van der Waals surface area contributed by atoms with E-state index in [1.807, 2.05) is 0 Å². The molecule has 1 fully saturated rings. The predicted molar refractivity (Wildman–Crippen MR) is 63.4 cm³/mol. The fraction of sp³-hybridized carbons (Fsp3) is 0.727. The predicted octanol–water partition coefficient (Wildman–Crippen LogP) is -0.831. The molecule has 1 saturated heterocycles. The van der Waals surface area contributed by atoms with E-state index in [1.165, 1.54) is 12.0 Å². The smallest absolute Gasteiger partial charge is 0.328 e. The van der Waals surface area contributed by atoms with Crippen molar-refractivity contribution >= 4 is 18.0 Å². The number of ether oxygens (including phenoxy) is 1. The Morgan fingerprint density at radius 1 is 1.42 bits per heavy atom. The first-order valence-electron chi connectivity index (χ1n) is 6.00. The van der Waals surface area contributed by atoms with Crippen LogP contribution in [0.3, 0.4) is 0 Å². The second kappa shape index (κ2) is 6.93. The number of carboxylic acid groups (broad SMARTS) is 1. The topological polar surface area (TPSA) is 116 Å². The number of urea groups is 1. The highest BCUT2D eigenvalue weighted by Gasteiger charge is 2.34. The maximum Gasteiger partial charge on any atom is 0.328 e. The van der Waals surface area contributed by atoms with Gasteiger partial charge in [-0.25, -0.2) is 14.4 Å². The summed E-state index contributed by atoms with van der Waals surface area (Å²) < 4.78 is 4.62. The van der Waals surface area contributed by atoms with E-state index in [1.54, 1.807) is 0 Å². The van der Waals surface area contributed by atoms with Crippen LogP contribution in [0.1, 0.15) is 19.3 Å². The number of aliphatic carboxylic acids is 1. The molecule has 2 amide bonds. The molecule has 3 N–H and O–H groups in total. The van der Waals surface area contributed by atoms with E-state index in [0.717, 1.165) is 12.8 Å². The fourth-order valence-corrected chi connectivity index (χ4v) is 1.97. The van der Waals surface area contributed by atoms with Crippen molar-refractivity contribution in [3.63, 3.8) is 0 Å². The third-order valence-electron chi connectivity index (χ3n) is 3.02. The number of rotatable bonds is 4. The number of likely N-dealkylation sites (tertiary alicyclic amines) is 1. The highest BCUT2D eigenvalue weighted by atomic mass is 16.5. The van der Waals surface area contributed by atoms with E-state index in [9.17, 15) is 14.4 Å². The summed E-state index contributed by atoms with van der Waals surface area (Å²) >= 11 is 0. The molecule has 0 aromatic heterocycles. The van der Waals surface area contributed by atoms with Gasteiger partial charge < -0.3 is 25.2 Å². The van der Waals surface area contributed by atoms with Gasteiger partial charge in [0.25, 0.3) is 0 Å². The van der Waals surface area contributed by atoms with Gasteiger partial charge in [-0.05, 0) is 19.3 Å². The number of amides is 2. The van der Waals surface area contributed by atoms with Gasteiger partial charge in [-0.1, -0.05) is 0 Å². The second-order valence-electron chi connectivity index (χ2n) is 4.25. The molecule has 0 saturated carbocycles. The summed E-state index contributed by atoms with van der Waals surface area (Å²) in [5, 5.41) is 19.8. The number of aliphatic hydroxyl groups is 1. The van der Waals surface area contributed by atoms with Crippen LogP contribution in [0.4, 0.5) is 4.79 Å². The van der Waals surface area contributed by atoms with Gasteiger partial charge in [-0.2, -0.15) is 0 Å². The number of nitrogens with one attached hydrogen (secondary N) is 1.